The van der Waals surface area contributed by atoms with Crippen LogP contribution < -0.4 is 20.1 Å². The van der Waals surface area contributed by atoms with Crippen LogP contribution in [0.4, 0.5) is 16.4 Å². The van der Waals surface area contributed by atoms with Crippen molar-refractivity contribution in [2.75, 3.05) is 25.6 Å². The summed E-state index contributed by atoms with van der Waals surface area (Å²) in [6.45, 7) is 8.18. The molecule has 11 nitrogen and oxygen atoms in total. The first-order valence-electron chi connectivity index (χ1n) is 11.0. The van der Waals surface area contributed by atoms with E-state index in [1.165, 1.54) is 12.4 Å². The van der Waals surface area contributed by atoms with E-state index in [1.807, 2.05) is 45.9 Å². The molecule has 2 aromatic heterocycles. The third kappa shape index (κ3) is 7.33. The number of carbonyl (C=O) groups excluding carboxylic acids is 1. The topological polar surface area (TPSA) is 147 Å². The number of aromatic nitrogens is 4. The number of ether oxygens (including phenoxy) is 3. The zero-order valence-corrected chi connectivity index (χ0v) is 20.4. The van der Waals surface area contributed by atoms with Gasteiger partial charge >= 0.3 is 6.09 Å². The van der Waals surface area contributed by atoms with Crippen molar-refractivity contribution in [1.29, 1.82) is 5.26 Å². The molecule has 1 amide bonds. The van der Waals surface area contributed by atoms with Crippen LogP contribution in [0.15, 0.2) is 30.6 Å². The molecule has 3 N–H and O–H groups in total. The van der Waals surface area contributed by atoms with Crippen LogP contribution in [0.1, 0.15) is 38.4 Å². The van der Waals surface area contributed by atoms with Gasteiger partial charge in [0.05, 0.1) is 37.4 Å². The Kier molecular flexibility index (Phi) is 8.09. The zero-order chi connectivity index (χ0) is 25.4. The van der Waals surface area contributed by atoms with E-state index in [2.05, 4.69) is 30.8 Å². The number of anilines is 2. The van der Waals surface area contributed by atoms with Crippen molar-refractivity contribution in [3.8, 4) is 28.8 Å². The van der Waals surface area contributed by atoms with Crippen LogP contribution in [0.5, 0.6) is 11.5 Å². The molecule has 0 aliphatic carbocycles. The molecule has 1 aromatic carbocycles. The number of H-pyrrole nitrogens is 1. The number of benzene rings is 1. The second-order valence-corrected chi connectivity index (χ2v) is 8.66. The number of rotatable bonds is 9. The van der Waals surface area contributed by atoms with Gasteiger partial charge in [0.1, 0.15) is 29.0 Å². The molecule has 184 valence electrons. The van der Waals surface area contributed by atoms with Gasteiger partial charge in [0.25, 0.3) is 0 Å². The van der Waals surface area contributed by atoms with Crippen LogP contribution >= 0.6 is 0 Å². The van der Waals surface area contributed by atoms with Crippen molar-refractivity contribution < 1.29 is 19.0 Å². The highest BCUT2D eigenvalue weighted by molar-refractivity contribution is 5.77. The fourth-order valence-corrected chi connectivity index (χ4v) is 3.12. The van der Waals surface area contributed by atoms with Crippen LogP contribution in [-0.4, -0.2) is 52.1 Å². The largest absolute Gasteiger partial charge is 0.496 e. The van der Waals surface area contributed by atoms with E-state index in [0.717, 1.165) is 5.56 Å². The third-order valence-electron chi connectivity index (χ3n) is 4.55. The molecule has 0 unspecified atom stereocenters. The average molecular weight is 480 g/mol. The number of aryl methyl sites for hydroxylation is 1. The standard InChI is InChI=1S/C24H29N7O4/c1-15-9-18(33-5)22(19(10-15)34-8-6-7-26-23(32)35-24(2,3)4)17-11-20(31-30-17)29-21-14-27-16(12-25)13-28-21/h9-11,13-14H,6-8H2,1-5H3,(H,26,32)(H2,28,29,30,31). The van der Waals surface area contributed by atoms with Crippen LogP contribution in [0, 0.1) is 18.3 Å². The number of aromatic amines is 1. The van der Waals surface area contributed by atoms with Gasteiger partial charge in [0.15, 0.2) is 11.5 Å². The first-order valence-corrected chi connectivity index (χ1v) is 11.0. The molecule has 0 aliphatic rings. The zero-order valence-electron chi connectivity index (χ0n) is 20.4. The highest BCUT2D eigenvalue weighted by Crippen LogP contribution is 2.39. The number of nitrogens with one attached hydrogen (secondary N) is 3. The Labute approximate surface area is 203 Å². The van der Waals surface area contributed by atoms with Crippen LogP contribution in [-0.2, 0) is 4.74 Å². The predicted molar refractivity (Wildman–Crippen MR) is 130 cm³/mol. The summed E-state index contributed by atoms with van der Waals surface area (Å²) in [5, 5.41) is 21.9. The fourth-order valence-electron chi connectivity index (χ4n) is 3.12. The molecule has 0 saturated heterocycles. The molecule has 0 aliphatic heterocycles. The summed E-state index contributed by atoms with van der Waals surface area (Å²) < 4.78 is 16.9. The Morgan fingerprint density at radius 3 is 2.57 bits per heavy atom. The van der Waals surface area contributed by atoms with E-state index < -0.39 is 11.7 Å². The number of alkyl carbamates (subject to hydrolysis) is 1. The van der Waals surface area contributed by atoms with Gasteiger partial charge < -0.3 is 24.8 Å². The number of nitriles is 1. The second kappa shape index (κ2) is 11.2. The minimum Gasteiger partial charge on any atom is -0.496 e. The predicted octanol–water partition coefficient (Wildman–Crippen LogP) is 4.09. The summed E-state index contributed by atoms with van der Waals surface area (Å²) in [7, 11) is 1.59. The fraction of sp³-hybridized carbons (Fsp3) is 0.375. The summed E-state index contributed by atoms with van der Waals surface area (Å²) in [5.74, 6) is 2.20. The van der Waals surface area contributed by atoms with Crippen molar-refractivity contribution in [2.24, 2.45) is 0 Å². The van der Waals surface area contributed by atoms with Crippen molar-refractivity contribution in [1.82, 2.24) is 25.5 Å². The van der Waals surface area contributed by atoms with Gasteiger partial charge in [-0.15, -0.1) is 0 Å². The SMILES string of the molecule is COc1cc(C)cc(OCCCNC(=O)OC(C)(C)C)c1-c1cc(Nc2cnc(C#N)cn2)n[nH]1. The molecule has 0 fully saturated rings. The minimum absolute atomic E-state index is 0.228. The normalized spacial score (nSPS) is 10.9. The van der Waals surface area contributed by atoms with Gasteiger partial charge in [0.2, 0.25) is 0 Å². The van der Waals surface area contributed by atoms with Crippen molar-refractivity contribution >= 4 is 17.7 Å². The Bertz CT molecular complexity index is 1190. The van der Waals surface area contributed by atoms with Gasteiger partial charge in [-0.2, -0.15) is 10.4 Å². The Morgan fingerprint density at radius 1 is 1.14 bits per heavy atom. The molecule has 11 heteroatoms. The summed E-state index contributed by atoms with van der Waals surface area (Å²) >= 11 is 0. The lowest BCUT2D eigenvalue weighted by molar-refractivity contribution is 0.0525. The van der Waals surface area contributed by atoms with E-state index in [0.29, 0.717) is 54.0 Å². The minimum atomic E-state index is -0.544. The highest BCUT2D eigenvalue weighted by Gasteiger charge is 2.18. The number of nitrogens with zero attached hydrogens (tertiary/aromatic N) is 4. The molecule has 2 heterocycles. The molecule has 0 radical (unpaired) electrons. The lowest BCUT2D eigenvalue weighted by Gasteiger charge is -2.19. The lowest BCUT2D eigenvalue weighted by atomic mass is 10.1. The number of hydrogen-bond acceptors (Lipinski definition) is 9. The maximum Gasteiger partial charge on any atom is 0.407 e. The summed E-state index contributed by atoms with van der Waals surface area (Å²) in [4.78, 5) is 19.9. The highest BCUT2D eigenvalue weighted by atomic mass is 16.6. The molecule has 0 bridgehead atoms. The molecule has 0 spiro atoms. The first-order chi connectivity index (χ1) is 16.7. The van der Waals surface area contributed by atoms with Gasteiger partial charge in [-0.05, 0) is 51.8 Å². The van der Waals surface area contributed by atoms with Crippen molar-refractivity contribution in [3.63, 3.8) is 0 Å². The van der Waals surface area contributed by atoms with Gasteiger partial charge in [0, 0.05) is 12.6 Å². The number of methoxy groups -OCH3 is 1. The quantitative estimate of drug-likeness (QED) is 0.386. The van der Waals surface area contributed by atoms with Gasteiger partial charge in [-0.25, -0.2) is 14.8 Å². The maximum absolute atomic E-state index is 11.8. The van der Waals surface area contributed by atoms with Crippen LogP contribution in [0.3, 0.4) is 0 Å². The van der Waals surface area contributed by atoms with Gasteiger partial charge in [-0.1, -0.05) is 0 Å². The van der Waals surface area contributed by atoms with Gasteiger partial charge in [-0.3, -0.25) is 5.10 Å². The molecule has 35 heavy (non-hydrogen) atoms. The molecule has 0 saturated carbocycles. The van der Waals surface area contributed by atoms with Crippen molar-refractivity contribution in [2.45, 2.75) is 39.7 Å². The Hall–Kier alpha value is -4.33. The van der Waals surface area contributed by atoms with E-state index in [4.69, 9.17) is 19.5 Å². The number of carbonyl (C=O) groups is 1. The van der Waals surface area contributed by atoms with Crippen molar-refractivity contribution in [3.05, 3.63) is 41.9 Å². The smallest absolute Gasteiger partial charge is 0.407 e. The average Bonchev–Trinajstić information content (AvgIpc) is 3.25. The molecular weight excluding hydrogens is 450 g/mol. The van der Waals surface area contributed by atoms with E-state index in [-0.39, 0.29) is 5.69 Å². The van der Waals surface area contributed by atoms with Crippen LogP contribution in [0.2, 0.25) is 0 Å². The molecule has 3 aromatic rings. The number of amides is 1. The molecular formula is C24H29N7O4. The van der Waals surface area contributed by atoms with E-state index in [1.54, 1.807) is 13.2 Å². The Morgan fingerprint density at radius 2 is 1.91 bits per heavy atom. The van der Waals surface area contributed by atoms with E-state index >= 15 is 0 Å². The Balaban J connectivity index is 1.69. The monoisotopic (exact) mass is 479 g/mol. The molecule has 0 atom stereocenters. The molecule has 3 rings (SSSR count). The second-order valence-electron chi connectivity index (χ2n) is 8.66. The van der Waals surface area contributed by atoms with E-state index in [9.17, 15) is 4.79 Å². The first kappa shape index (κ1) is 25.3. The number of hydrogen-bond donors (Lipinski definition) is 3. The summed E-state index contributed by atoms with van der Waals surface area (Å²) in [5.41, 5.74) is 2.04. The lowest BCUT2D eigenvalue weighted by Crippen LogP contribution is -2.33. The third-order valence-corrected chi connectivity index (χ3v) is 4.55. The maximum atomic E-state index is 11.8. The van der Waals surface area contributed by atoms with Crippen LogP contribution in [0.25, 0.3) is 11.3 Å². The summed E-state index contributed by atoms with van der Waals surface area (Å²) in [6.07, 6.45) is 2.96. The summed E-state index contributed by atoms with van der Waals surface area (Å²) in [6, 6.07) is 7.55.